The first-order valence-corrected chi connectivity index (χ1v) is 5.06. The van der Waals surface area contributed by atoms with Gasteiger partial charge in [-0.3, -0.25) is 0 Å². The molecule has 2 aromatic rings. The van der Waals surface area contributed by atoms with Gasteiger partial charge in [0.05, 0.1) is 18.4 Å². The standard InChI is InChI=1S/C11H8F4N2O/c12-8-3-1-2-7-9(8)16-6-17-10(7)18-5-4-11(13,14)15/h1-3,6H,4-5H2. The Morgan fingerprint density at radius 3 is 2.67 bits per heavy atom. The van der Waals surface area contributed by atoms with Crippen molar-refractivity contribution < 1.29 is 22.3 Å². The van der Waals surface area contributed by atoms with Gasteiger partial charge in [0.25, 0.3) is 0 Å². The van der Waals surface area contributed by atoms with Gasteiger partial charge in [0, 0.05) is 0 Å². The molecule has 7 heteroatoms. The van der Waals surface area contributed by atoms with E-state index in [2.05, 4.69) is 9.97 Å². The van der Waals surface area contributed by atoms with E-state index in [1.54, 1.807) is 0 Å². The van der Waals surface area contributed by atoms with Crippen LogP contribution in [0.2, 0.25) is 0 Å². The molecule has 18 heavy (non-hydrogen) atoms. The molecule has 0 N–H and O–H groups in total. The molecular formula is C11H8F4N2O. The summed E-state index contributed by atoms with van der Waals surface area (Å²) in [7, 11) is 0. The highest BCUT2D eigenvalue weighted by Crippen LogP contribution is 2.24. The summed E-state index contributed by atoms with van der Waals surface area (Å²) < 4.78 is 54.2. The van der Waals surface area contributed by atoms with Crippen LogP contribution in [-0.2, 0) is 0 Å². The fourth-order valence-corrected chi connectivity index (χ4v) is 1.41. The van der Waals surface area contributed by atoms with Crippen LogP contribution in [0.3, 0.4) is 0 Å². The van der Waals surface area contributed by atoms with E-state index < -0.39 is 25.0 Å². The lowest BCUT2D eigenvalue weighted by Gasteiger charge is -2.09. The van der Waals surface area contributed by atoms with Crippen molar-refractivity contribution in [3.8, 4) is 5.88 Å². The topological polar surface area (TPSA) is 35.0 Å². The number of fused-ring (bicyclic) bond motifs is 1. The van der Waals surface area contributed by atoms with E-state index in [0.29, 0.717) is 0 Å². The van der Waals surface area contributed by atoms with E-state index in [0.717, 1.165) is 6.33 Å². The third-order valence-corrected chi connectivity index (χ3v) is 2.20. The van der Waals surface area contributed by atoms with Crippen molar-refractivity contribution in [2.24, 2.45) is 0 Å². The second-order valence-electron chi connectivity index (χ2n) is 3.53. The first-order valence-electron chi connectivity index (χ1n) is 5.06. The van der Waals surface area contributed by atoms with E-state index in [9.17, 15) is 17.6 Å². The fraction of sp³-hybridized carbons (Fsp3) is 0.273. The van der Waals surface area contributed by atoms with Gasteiger partial charge < -0.3 is 4.74 Å². The number of nitrogens with zero attached hydrogens (tertiary/aromatic N) is 2. The number of alkyl halides is 3. The summed E-state index contributed by atoms with van der Waals surface area (Å²) in [5.41, 5.74) is 0.0227. The molecule has 0 bridgehead atoms. The van der Waals surface area contributed by atoms with E-state index in [1.165, 1.54) is 18.2 Å². The summed E-state index contributed by atoms with van der Waals surface area (Å²) >= 11 is 0. The number of hydrogen-bond donors (Lipinski definition) is 0. The Kier molecular flexibility index (Phi) is 3.31. The van der Waals surface area contributed by atoms with Crippen LogP contribution in [-0.4, -0.2) is 22.8 Å². The summed E-state index contributed by atoms with van der Waals surface area (Å²) in [4.78, 5) is 7.41. The molecule has 0 aliphatic rings. The largest absolute Gasteiger partial charge is 0.477 e. The number of halogens is 4. The molecule has 0 fully saturated rings. The zero-order valence-corrected chi connectivity index (χ0v) is 9.04. The van der Waals surface area contributed by atoms with Gasteiger partial charge in [-0.05, 0) is 12.1 Å². The van der Waals surface area contributed by atoms with Gasteiger partial charge in [-0.1, -0.05) is 6.07 Å². The Bertz CT molecular complexity index is 556. The van der Waals surface area contributed by atoms with E-state index >= 15 is 0 Å². The molecule has 1 aromatic carbocycles. The third kappa shape index (κ3) is 2.85. The minimum absolute atomic E-state index is 0.0227. The molecule has 0 atom stereocenters. The number of hydrogen-bond acceptors (Lipinski definition) is 3. The summed E-state index contributed by atoms with van der Waals surface area (Å²) in [6, 6.07) is 4.10. The number of rotatable bonds is 3. The maximum atomic E-state index is 13.4. The number of para-hydroxylation sites is 1. The number of aromatic nitrogens is 2. The SMILES string of the molecule is Fc1cccc2c(OCCC(F)(F)F)ncnc12. The summed E-state index contributed by atoms with van der Waals surface area (Å²) in [6.45, 7) is -0.563. The molecule has 0 unspecified atom stereocenters. The molecule has 0 aliphatic heterocycles. The number of ether oxygens (including phenoxy) is 1. The van der Waals surface area contributed by atoms with E-state index in [4.69, 9.17) is 4.74 Å². The minimum atomic E-state index is -4.30. The molecule has 0 saturated carbocycles. The smallest absolute Gasteiger partial charge is 0.392 e. The Morgan fingerprint density at radius 2 is 1.94 bits per heavy atom. The number of benzene rings is 1. The fourth-order valence-electron chi connectivity index (χ4n) is 1.41. The van der Waals surface area contributed by atoms with Gasteiger partial charge in [-0.25, -0.2) is 14.4 Å². The predicted molar refractivity (Wildman–Crippen MR) is 55.7 cm³/mol. The zero-order chi connectivity index (χ0) is 13.2. The van der Waals surface area contributed by atoms with Crippen molar-refractivity contribution in [3.63, 3.8) is 0 Å². The molecule has 0 amide bonds. The highest BCUT2D eigenvalue weighted by molar-refractivity contribution is 5.83. The summed E-state index contributed by atoms with van der Waals surface area (Å²) in [5, 5.41) is 0.250. The van der Waals surface area contributed by atoms with Gasteiger partial charge in [0.1, 0.15) is 17.7 Å². The van der Waals surface area contributed by atoms with Crippen molar-refractivity contribution in [2.45, 2.75) is 12.6 Å². The predicted octanol–water partition coefficient (Wildman–Crippen LogP) is 3.10. The van der Waals surface area contributed by atoms with Crippen LogP contribution in [0, 0.1) is 5.82 Å². The van der Waals surface area contributed by atoms with Crippen molar-refractivity contribution in [1.82, 2.24) is 9.97 Å². The van der Waals surface area contributed by atoms with Crippen LogP contribution in [0.25, 0.3) is 10.9 Å². The first-order chi connectivity index (χ1) is 8.47. The van der Waals surface area contributed by atoms with Crippen molar-refractivity contribution in [2.75, 3.05) is 6.61 Å². The lowest BCUT2D eigenvalue weighted by molar-refractivity contribution is -0.139. The third-order valence-electron chi connectivity index (χ3n) is 2.20. The molecule has 96 valence electrons. The Labute approximate surface area is 99.4 Å². The molecular weight excluding hydrogens is 252 g/mol. The average molecular weight is 260 g/mol. The molecule has 0 radical (unpaired) electrons. The van der Waals surface area contributed by atoms with Gasteiger partial charge in [-0.15, -0.1) is 0 Å². The molecule has 3 nitrogen and oxygen atoms in total. The zero-order valence-electron chi connectivity index (χ0n) is 9.04. The van der Waals surface area contributed by atoms with Crippen LogP contribution in [0.15, 0.2) is 24.5 Å². The summed E-state index contributed by atoms with van der Waals surface area (Å²) in [6.07, 6.45) is -4.34. The second-order valence-corrected chi connectivity index (χ2v) is 3.53. The average Bonchev–Trinajstić information content (AvgIpc) is 2.29. The first kappa shape index (κ1) is 12.5. The highest BCUT2D eigenvalue weighted by atomic mass is 19.4. The Balaban J connectivity index is 2.21. The minimum Gasteiger partial charge on any atom is -0.477 e. The second kappa shape index (κ2) is 4.75. The van der Waals surface area contributed by atoms with E-state index in [-0.39, 0.29) is 16.8 Å². The van der Waals surface area contributed by atoms with Crippen molar-refractivity contribution >= 4 is 10.9 Å². The van der Waals surface area contributed by atoms with Gasteiger partial charge in [-0.2, -0.15) is 13.2 Å². The lowest BCUT2D eigenvalue weighted by atomic mass is 10.2. The van der Waals surface area contributed by atoms with Gasteiger partial charge in [0.15, 0.2) is 0 Å². The monoisotopic (exact) mass is 260 g/mol. The van der Waals surface area contributed by atoms with Crippen molar-refractivity contribution in [3.05, 3.63) is 30.3 Å². The lowest BCUT2D eigenvalue weighted by Crippen LogP contribution is -2.13. The molecule has 0 saturated heterocycles. The molecule has 2 rings (SSSR count). The van der Waals surface area contributed by atoms with Gasteiger partial charge in [0.2, 0.25) is 5.88 Å². The Morgan fingerprint density at radius 1 is 1.17 bits per heavy atom. The van der Waals surface area contributed by atoms with Crippen molar-refractivity contribution in [1.29, 1.82) is 0 Å². The maximum absolute atomic E-state index is 13.4. The molecule has 0 aliphatic carbocycles. The molecule has 1 aromatic heterocycles. The molecule has 1 heterocycles. The molecule has 0 spiro atoms. The Hall–Kier alpha value is -1.92. The quantitative estimate of drug-likeness (QED) is 0.795. The van der Waals surface area contributed by atoms with Crippen LogP contribution >= 0.6 is 0 Å². The van der Waals surface area contributed by atoms with Gasteiger partial charge >= 0.3 is 6.18 Å². The van der Waals surface area contributed by atoms with Crippen LogP contribution in [0.1, 0.15) is 6.42 Å². The highest BCUT2D eigenvalue weighted by Gasteiger charge is 2.27. The maximum Gasteiger partial charge on any atom is 0.392 e. The van der Waals surface area contributed by atoms with Crippen LogP contribution in [0.4, 0.5) is 17.6 Å². The van der Waals surface area contributed by atoms with Crippen LogP contribution in [0.5, 0.6) is 5.88 Å². The van der Waals surface area contributed by atoms with Crippen LogP contribution < -0.4 is 4.74 Å². The normalized spacial score (nSPS) is 11.8. The summed E-state index contributed by atoms with van der Waals surface area (Å²) in [5.74, 6) is -0.626. The van der Waals surface area contributed by atoms with E-state index in [1.807, 2.05) is 0 Å².